The second kappa shape index (κ2) is 9.15. The molecule has 7 heteroatoms. The number of carbonyl (C=O) groups is 2. The SMILES string of the molecule is CS(=O)(=O)CCC(=O)Nc1ccccc1C(=O)NCCc1ccccc1. The van der Waals surface area contributed by atoms with Gasteiger partial charge in [0.1, 0.15) is 9.84 Å². The Bertz CT molecular complexity index is 864. The van der Waals surface area contributed by atoms with Crippen LogP contribution < -0.4 is 10.6 Å². The maximum absolute atomic E-state index is 12.4. The molecular formula is C19H22N2O4S. The minimum Gasteiger partial charge on any atom is -0.352 e. The molecule has 0 fully saturated rings. The zero-order valence-electron chi connectivity index (χ0n) is 14.6. The molecule has 0 aliphatic heterocycles. The van der Waals surface area contributed by atoms with Gasteiger partial charge in [-0.15, -0.1) is 0 Å². The van der Waals surface area contributed by atoms with Crippen molar-refractivity contribution in [2.75, 3.05) is 23.9 Å². The monoisotopic (exact) mass is 374 g/mol. The predicted octanol–water partition coefficient (Wildman–Crippen LogP) is 2.03. The first-order valence-electron chi connectivity index (χ1n) is 8.24. The van der Waals surface area contributed by atoms with Crippen LogP contribution in [0.1, 0.15) is 22.3 Å². The van der Waals surface area contributed by atoms with Crippen molar-refractivity contribution in [1.29, 1.82) is 0 Å². The highest BCUT2D eigenvalue weighted by Gasteiger charge is 2.14. The van der Waals surface area contributed by atoms with Crippen LogP contribution in [0.15, 0.2) is 54.6 Å². The first-order chi connectivity index (χ1) is 12.3. The molecule has 0 aliphatic carbocycles. The van der Waals surface area contributed by atoms with Crippen LogP contribution in [0.3, 0.4) is 0 Å². The summed E-state index contributed by atoms with van der Waals surface area (Å²) in [5.41, 5.74) is 1.83. The molecule has 0 aliphatic rings. The highest BCUT2D eigenvalue weighted by molar-refractivity contribution is 7.90. The molecule has 2 aromatic rings. The van der Waals surface area contributed by atoms with Crippen molar-refractivity contribution in [2.45, 2.75) is 12.8 Å². The lowest BCUT2D eigenvalue weighted by Crippen LogP contribution is -2.27. The van der Waals surface area contributed by atoms with E-state index in [-0.39, 0.29) is 18.1 Å². The van der Waals surface area contributed by atoms with E-state index in [1.807, 2.05) is 30.3 Å². The third-order valence-corrected chi connectivity index (χ3v) is 4.63. The summed E-state index contributed by atoms with van der Waals surface area (Å²) in [6, 6.07) is 16.4. The Morgan fingerprint density at radius 2 is 1.62 bits per heavy atom. The number of carbonyl (C=O) groups excluding carboxylic acids is 2. The van der Waals surface area contributed by atoms with E-state index in [2.05, 4.69) is 10.6 Å². The van der Waals surface area contributed by atoms with E-state index in [1.165, 1.54) is 0 Å². The molecule has 138 valence electrons. The van der Waals surface area contributed by atoms with Gasteiger partial charge in [0.15, 0.2) is 0 Å². The number of nitrogens with one attached hydrogen (secondary N) is 2. The van der Waals surface area contributed by atoms with Crippen LogP contribution in [-0.2, 0) is 21.1 Å². The molecule has 0 saturated carbocycles. The highest BCUT2D eigenvalue weighted by atomic mass is 32.2. The summed E-state index contributed by atoms with van der Waals surface area (Å²) in [5.74, 6) is -0.968. The minimum absolute atomic E-state index is 0.150. The number of sulfone groups is 1. The predicted molar refractivity (Wildman–Crippen MR) is 102 cm³/mol. The van der Waals surface area contributed by atoms with Gasteiger partial charge in [-0.3, -0.25) is 9.59 Å². The fraction of sp³-hybridized carbons (Fsp3) is 0.263. The Balaban J connectivity index is 1.94. The largest absolute Gasteiger partial charge is 0.352 e. The number of hydrogen-bond donors (Lipinski definition) is 2. The molecule has 2 rings (SSSR count). The van der Waals surface area contributed by atoms with E-state index in [0.29, 0.717) is 24.2 Å². The summed E-state index contributed by atoms with van der Waals surface area (Å²) in [7, 11) is -3.22. The standard InChI is InChI=1S/C19H22N2O4S/c1-26(24,25)14-12-18(22)21-17-10-6-5-9-16(17)19(23)20-13-11-15-7-3-2-4-8-15/h2-10H,11-14H2,1H3,(H,20,23)(H,21,22). The lowest BCUT2D eigenvalue weighted by Gasteiger charge is -2.11. The Morgan fingerprint density at radius 3 is 2.31 bits per heavy atom. The van der Waals surface area contributed by atoms with Crippen molar-refractivity contribution >= 4 is 27.3 Å². The van der Waals surface area contributed by atoms with Gasteiger partial charge in [-0.25, -0.2) is 8.42 Å². The average molecular weight is 374 g/mol. The van der Waals surface area contributed by atoms with Gasteiger partial charge in [0.25, 0.3) is 5.91 Å². The van der Waals surface area contributed by atoms with Gasteiger partial charge in [-0.1, -0.05) is 42.5 Å². The molecule has 0 heterocycles. The number of para-hydroxylation sites is 1. The van der Waals surface area contributed by atoms with Crippen molar-refractivity contribution in [1.82, 2.24) is 5.32 Å². The highest BCUT2D eigenvalue weighted by Crippen LogP contribution is 2.15. The quantitative estimate of drug-likeness (QED) is 0.739. The van der Waals surface area contributed by atoms with Crippen molar-refractivity contribution in [2.24, 2.45) is 0 Å². The summed E-state index contributed by atoms with van der Waals surface area (Å²) >= 11 is 0. The van der Waals surface area contributed by atoms with Crippen LogP contribution in [0.25, 0.3) is 0 Å². The molecule has 0 saturated heterocycles. The number of hydrogen-bond acceptors (Lipinski definition) is 4. The zero-order valence-corrected chi connectivity index (χ0v) is 15.4. The molecule has 0 bridgehead atoms. The molecule has 0 atom stereocenters. The van der Waals surface area contributed by atoms with E-state index in [9.17, 15) is 18.0 Å². The van der Waals surface area contributed by atoms with E-state index in [4.69, 9.17) is 0 Å². The molecule has 2 N–H and O–H groups in total. The maximum Gasteiger partial charge on any atom is 0.253 e. The van der Waals surface area contributed by atoms with Crippen LogP contribution in [0, 0.1) is 0 Å². The smallest absolute Gasteiger partial charge is 0.253 e. The van der Waals surface area contributed by atoms with Crippen molar-refractivity contribution in [3.8, 4) is 0 Å². The normalized spacial score (nSPS) is 11.0. The molecular weight excluding hydrogens is 352 g/mol. The average Bonchev–Trinajstić information content (AvgIpc) is 2.61. The van der Waals surface area contributed by atoms with Gasteiger partial charge >= 0.3 is 0 Å². The van der Waals surface area contributed by atoms with Gasteiger partial charge < -0.3 is 10.6 Å². The molecule has 0 spiro atoms. The summed E-state index contributed by atoms with van der Waals surface area (Å²) < 4.78 is 22.3. The third kappa shape index (κ3) is 6.68. The summed E-state index contributed by atoms with van der Waals surface area (Å²) in [4.78, 5) is 24.3. The summed E-state index contributed by atoms with van der Waals surface area (Å²) in [5, 5.41) is 5.44. The third-order valence-electron chi connectivity index (χ3n) is 3.69. The molecule has 0 radical (unpaired) electrons. The lowest BCUT2D eigenvalue weighted by molar-refractivity contribution is -0.115. The molecule has 2 aromatic carbocycles. The Hall–Kier alpha value is -2.67. The van der Waals surface area contributed by atoms with Crippen LogP contribution in [0.4, 0.5) is 5.69 Å². The number of benzene rings is 2. The first-order valence-corrected chi connectivity index (χ1v) is 10.3. The Labute approximate surface area is 153 Å². The molecule has 2 amide bonds. The first kappa shape index (κ1) is 19.7. The van der Waals surface area contributed by atoms with Crippen LogP contribution in [0.5, 0.6) is 0 Å². The minimum atomic E-state index is -3.22. The molecule has 0 unspecified atom stereocenters. The number of amides is 2. The fourth-order valence-corrected chi connectivity index (χ4v) is 2.90. The number of anilines is 1. The molecule has 26 heavy (non-hydrogen) atoms. The van der Waals surface area contributed by atoms with Gasteiger partial charge in [-0.05, 0) is 24.1 Å². The summed E-state index contributed by atoms with van der Waals surface area (Å²) in [6.45, 7) is 0.471. The van der Waals surface area contributed by atoms with Gasteiger partial charge in [0.2, 0.25) is 5.91 Å². The topological polar surface area (TPSA) is 92.3 Å². The van der Waals surface area contributed by atoms with Crippen LogP contribution >= 0.6 is 0 Å². The second-order valence-electron chi connectivity index (χ2n) is 5.97. The summed E-state index contributed by atoms with van der Waals surface area (Å²) in [6.07, 6.45) is 1.63. The van der Waals surface area contributed by atoms with Crippen molar-refractivity contribution in [3.05, 3.63) is 65.7 Å². The van der Waals surface area contributed by atoms with Gasteiger partial charge in [0.05, 0.1) is 17.0 Å². The van der Waals surface area contributed by atoms with Crippen LogP contribution in [0.2, 0.25) is 0 Å². The second-order valence-corrected chi connectivity index (χ2v) is 8.22. The maximum atomic E-state index is 12.4. The van der Waals surface area contributed by atoms with E-state index in [0.717, 1.165) is 11.8 Å². The number of rotatable bonds is 8. The Kier molecular flexibility index (Phi) is 6.91. The lowest BCUT2D eigenvalue weighted by atomic mass is 10.1. The molecule has 6 nitrogen and oxygen atoms in total. The zero-order chi connectivity index (χ0) is 19.0. The Morgan fingerprint density at radius 1 is 0.962 bits per heavy atom. The van der Waals surface area contributed by atoms with Gasteiger partial charge in [0, 0.05) is 19.2 Å². The van der Waals surface area contributed by atoms with E-state index in [1.54, 1.807) is 24.3 Å². The van der Waals surface area contributed by atoms with E-state index < -0.39 is 15.7 Å². The van der Waals surface area contributed by atoms with Crippen molar-refractivity contribution in [3.63, 3.8) is 0 Å². The van der Waals surface area contributed by atoms with Crippen molar-refractivity contribution < 1.29 is 18.0 Å². The molecule has 0 aromatic heterocycles. The van der Waals surface area contributed by atoms with Gasteiger partial charge in [-0.2, -0.15) is 0 Å². The van der Waals surface area contributed by atoms with Crippen LogP contribution in [-0.4, -0.2) is 38.8 Å². The fourth-order valence-electron chi connectivity index (χ4n) is 2.34. The van der Waals surface area contributed by atoms with E-state index >= 15 is 0 Å².